The number of aromatic nitrogens is 1. The third-order valence-electron chi connectivity index (χ3n) is 4.68. The van der Waals surface area contributed by atoms with Crippen molar-refractivity contribution in [2.45, 2.75) is 24.9 Å². The Hall–Kier alpha value is -2.32. The maximum atomic E-state index is 12.4. The Morgan fingerprint density at radius 2 is 2.29 bits per heavy atom. The molecule has 3 heterocycles. The van der Waals surface area contributed by atoms with Crippen LogP contribution in [0.1, 0.15) is 28.9 Å². The van der Waals surface area contributed by atoms with Crippen LogP contribution in [0.25, 0.3) is 5.52 Å². The van der Waals surface area contributed by atoms with Crippen molar-refractivity contribution in [1.29, 1.82) is 5.26 Å². The smallest absolute Gasteiger partial charge is 0.251 e. The van der Waals surface area contributed by atoms with E-state index in [1.165, 1.54) is 6.42 Å². The Morgan fingerprint density at radius 1 is 1.38 bits per heavy atom. The van der Waals surface area contributed by atoms with E-state index in [1.807, 2.05) is 12.1 Å². The SMILES string of the molecule is N#Cc1ccc2cc(C(=O)NC3CC4CNC3C4)ccn12. The molecule has 5 heteroatoms. The summed E-state index contributed by atoms with van der Waals surface area (Å²) in [6.45, 7) is 1.09. The van der Waals surface area contributed by atoms with E-state index in [-0.39, 0.29) is 11.9 Å². The third-order valence-corrected chi connectivity index (χ3v) is 4.68. The van der Waals surface area contributed by atoms with Crippen LogP contribution in [0.3, 0.4) is 0 Å². The van der Waals surface area contributed by atoms with Crippen LogP contribution in [0.2, 0.25) is 0 Å². The molecule has 1 saturated carbocycles. The Kier molecular flexibility index (Phi) is 2.72. The summed E-state index contributed by atoms with van der Waals surface area (Å²) in [5, 5.41) is 15.6. The second kappa shape index (κ2) is 4.61. The molecule has 2 aromatic heterocycles. The van der Waals surface area contributed by atoms with Gasteiger partial charge >= 0.3 is 0 Å². The van der Waals surface area contributed by atoms with E-state index in [0.29, 0.717) is 23.2 Å². The molecule has 5 nitrogen and oxygen atoms in total. The second-order valence-corrected chi connectivity index (χ2v) is 5.97. The van der Waals surface area contributed by atoms with Crippen molar-refractivity contribution >= 4 is 11.4 Å². The molecule has 0 spiro atoms. The van der Waals surface area contributed by atoms with Crippen molar-refractivity contribution in [3.8, 4) is 6.07 Å². The molecule has 21 heavy (non-hydrogen) atoms. The maximum absolute atomic E-state index is 12.4. The molecule has 1 aliphatic heterocycles. The summed E-state index contributed by atoms with van der Waals surface area (Å²) in [5.41, 5.74) is 2.09. The van der Waals surface area contributed by atoms with Crippen molar-refractivity contribution in [3.05, 3.63) is 41.7 Å². The zero-order valence-electron chi connectivity index (χ0n) is 11.5. The van der Waals surface area contributed by atoms with E-state index >= 15 is 0 Å². The zero-order chi connectivity index (χ0) is 14.4. The minimum atomic E-state index is -0.0310. The summed E-state index contributed by atoms with van der Waals surface area (Å²) in [4.78, 5) is 12.4. The lowest BCUT2D eigenvalue weighted by molar-refractivity contribution is 0.0928. The van der Waals surface area contributed by atoms with E-state index in [2.05, 4.69) is 16.7 Å². The molecule has 1 aliphatic carbocycles. The molecular formula is C16H16N4O. The highest BCUT2D eigenvalue weighted by molar-refractivity contribution is 5.95. The molecule has 3 atom stereocenters. The molecule has 1 amide bonds. The van der Waals surface area contributed by atoms with E-state index < -0.39 is 0 Å². The Morgan fingerprint density at radius 3 is 3.00 bits per heavy atom. The number of hydrogen-bond acceptors (Lipinski definition) is 3. The lowest BCUT2D eigenvalue weighted by atomic mass is 10.1. The van der Waals surface area contributed by atoms with Crippen LogP contribution in [0.4, 0.5) is 0 Å². The van der Waals surface area contributed by atoms with Crippen molar-refractivity contribution in [2.75, 3.05) is 6.54 Å². The Labute approximate surface area is 122 Å². The molecule has 0 aromatic carbocycles. The van der Waals surface area contributed by atoms with Gasteiger partial charge in [-0.25, -0.2) is 0 Å². The molecule has 0 radical (unpaired) electrons. The molecule has 1 saturated heterocycles. The molecule has 2 aromatic rings. The first-order chi connectivity index (χ1) is 10.2. The van der Waals surface area contributed by atoms with Gasteiger partial charge in [-0.05, 0) is 49.6 Å². The van der Waals surface area contributed by atoms with Gasteiger partial charge in [-0.15, -0.1) is 0 Å². The fourth-order valence-corrected chi connectivity index (χ4v) is 3.61. The topological polar surface area (TPSA) is 69.3 Å². The van der Waals surface area contributed by atoms with Gasteiger partial charge in [0.15, 0.2) is 0 Å². The largest absolute Gasteiger partial charge is 0.348 e. The molecule has 106 valence electrons. The van der Waals surface area contributed by atoms with Gasteiger partial charge in [0, 0.05) is 29.4 Å². The van der Waals surface area contributed by atoms with Gasteiger partial charge in [-0.2, -0.15) is 5.26 Å². The van der Waals surface area contributed by atoms with Gasteiger partial charge in [0.2, 0.25) is 0 Å². The summed E-state index contributed by atoms with van der Waals surface area (Å²) in [7, 11) is 0. The third kappa shape index (κ3) is 1.99. The molecular weight excluding hydrogens is 264 g/mol. The maximum Gasteiger partial charge on any atom is 0.251 e. The fourth-order valence-electron chi connectivity index (χ4n) is 3.61. The fraction of sp³-hybridized carbons (Fsp3) is 0.375. The van der Waals surface area contributed by atoms with Gasteiger partial charge in [-0.3, -0.25) is 4.79 Å². The number of piperidine rings is 1. The van der Waals surface area contributed by atoms with Crippen molar-refractivity contribution in [2.24, 2.45) is 5.92 Å². The van der Waals surface area contributed by atoms with Crippen LogP contribution >= 0.6 is 0 Å². The number of rotatable bonds is 2. The van der Waals surface area contributed by atoms with Crippen molar-refractivity contribution in [1.82, 2.24) is 15.0 Å². The van der Waals surface area contributed by atoms with Gasteiger partial charge in [-0.1, -0.05) is 0 Å². The Balaban J connectivity index is 1.55. The lowest BCUT2D eigenvalue weighted by Crippen LogP contribution is -2.47. The van der Waals surface area contributed by atoms with Crippen LogP contribution in [-0.4, -0.2) is 28.9 Å². The quantitative estimate of drug-likeness (QED) is 0.871. The number of amides is 1. The highest BCUT2D eigenvalue weighted by Crippen LogP contribution is 2.31. The predicted octanol–water partition coefficient (Wildman–Crippen LogP) is 1.29. The number of fused-ring (bicyclic) bond motifs is 3. The van der Waals surface area contributed by atoms with Crippen LogP contribution in [-0.2, 0) is 0 Å². The average molecular weight is 280 g/mol. The normalized spacial score (nSPS) is 26.9. The number of hydrogen-bond donors (Lipinski definition) is 2. The van der Waals surface area contributed by atoms with Gasteiger partial charge in [0.25, 0.3) is 5.91 Å². The van der Waals surface area contributed by atoms with Crippen LogP contribution < -0.4 is 10.6 Å². The van der Waals surface area contributed by atoms with E-state index in [4.69, 9.17) is 5.26 Å². The van der Waals surface area contributed by atoms with Crippen molar-refractivity contribution < 1.29 is 4.79 Å². The number of pyridine rings is 1. The first kappa shape index (κ1) is 12.4. The van der Waals surface area contributed by atoms with E-state index in [1.54, 1.807) is 22.7 Å². The molecule has 2 aliphatic rings. The lowest BCUT2D eigenvalue weighted by Gasteiger charge is -2.24. The monoisotopic (exact) mass is 280 g/mol. The molecule has 3 unspecified atom stereocenters. The molecule has 4 rings (SSSR count). The van der Waals surface area contributed by atoms with Gasteiger partial charge < -0.3 is 15.0 Å². The van der Waals surface area contributed by atoms with Crippen LogP contribution in [0.15, 0.2) is 30.5 Å². The number of carbonyl (C=O) groups is 1. The number of nitrogens with one attached hydrogen (secondary N) is 2. The molecule has 2 fully saturated rings. The number of nitrogens with zero attached hydrogens (tertiary/aromatic N) is 2. The first-order valence-corrected chi connectivity index (χ1v) is 7.30. The number of nitriles is 1. The minimum absolute atomic E-state index is 0.0310. The Bertz CT molecular complexity index is 757. The molecule has 2 bridgehead atoms. The van der Waals surface area contributed by atoms with E-state index in [9.17, 15) is 4.79 Å². The van der Waals surface area contributed by atoms with E-state index in [0.717, 1.165) is 18.5 Å². The van der Waals surface area contributed by atoms with Crippen LogP contribution in [0.5, 0.6) is 0 Å². The highest BCUT2D eigenvalue weighted by Gasteiger charge is 2.40. The number of carbonyl (C=O) groups excluding carboxylic acids is 1. The predicted molar refractivity (Wildman–Crippen MR) is 77.9 cm³/mol. The summed E-state index contributed by atoms with van der Waals surface area (Å²) in [6.07, 6.45) is 4.03. The first-order valence-electron chi connectivity index (χ1n) is 7.30. The standard InChI is InChI=1S/C16H16N4O/c17-8-13-2-1-12-7-11(3-4-20(12)13)16(21)19-15-6-10-5-14(15)18-9-10/h1-4,7,10,14-15,18H,5-6,9H2,(H,19,21). The van der Waals surface area contributed by atoms with Crippen molar-refractivity contribution in [3.63, 3.8) is 0 Å². The molecule has 2 N–H and O–H groups in total. The second-order valence-electron chi connectivity index (χ2n) is 5.97. The summed E-state index contributed by atoms with van der Waals surface area (Å²) >= 11 is 0. The van der Waals surface area contributed by atoms with Gasteiger partial charge in [0.05, 0.1) is 0 Å². The highest BCUT2D eigenvalue weighted by atomic mass is 16.1. The van der Waals surface area contributed by atoms with Gasteiger partial charge in [0.1, 0.15) is 11.8 Å². The van der Waals surface area contributed by atoms with Crippen LogP contribution in [0, 0.1) is 17.2 Å². The minimum Gasteiger partial charge on any atom is -0.348 e. The zero-order valence-corrected chi connectivity index (χ0v) is 11.5. The summed E-state index contributed by atoms with van der Waals surface area (Å²) in [5.74, 6) is 0.683. The summed E-state index contributed by atoms with van der Waals surface area (Å²) in [6, 6.07) is 10.0. The average Bonchev–Trinajstić information content (AvgIpc) is 3.21. The summed E-state index contributed by atoms with van der Waals surface area (Å²) < 4.78 is 1.79.